The van der Waals surface area contributed by atoms with Gasteiger partial charge in [0, 0.05) is 10.9 Å². The molecule has 0 aliphatic rings. The van der Waals surface area contributed by atoms with E-state index in [1.165, 1.54) is 16.7 Å². The Labute approximate surface area is 116 Å². The van der Waals surface area contributed by atoms with Crippen LogP contribution in [0.2, 0.25) is 0 Å². The van der Waals surface area contributed by atoms with E-state index in [-0.39, 0.29) is 0 Å². The highest BCUT2D eigenvalue weighted by atomic mass is 32.1. The van der Waals surface area contributed by atoms with Crippen LogP contribution in [-0.2, 0) is 0 Å². The van der Waals surface area contributed by atoms with Crippen molar-refractivity contribution < 1.29 is 0 Å². The van der Waals surface area contributed by atoms with Crippen molar-refractivity contribution in [1.82, 2.24) is 9.38 Å². The number of anilines is 1. The molecule has 2 N–H and O–H groups in total. The standard InChI is InChI=1S/C15H17N3S/c1-9(2)11-5-4-10(3)12(6-11)13-8-19-14-7-17-15(16)18(13)14/h4-9H,1-3H3,(H2,16,17). The second-order valence-electron chi connectivity index (χ2n) is 5.14. The molecular formula is C15H17N3S. The molecule has 3 rings (SSSR count). The number of thiazole rings is 1. The molecule has 4 heteroatoms. The molecule has 0 spiro atoms. The number of hydrogen-bond acceptors (Lipinski definition) is 3. The van der Waals surface area contributed by atoms with E-state index in [0.717, 1.165) is 10.5 Å². The van der Waals surface area contributed by atoms with Gasteiger partial charge in [-0.2, -0.15) is 0 Å². The summed E-state index contributed by atoms with van der Waals surface area (Å²) >= 11 is 1.67. The molecule has 0 unspecified atom stereocenters. The van der Waals surface area contributed by atoms with Crippen molar-refractivity contribution in [1.29, 1.82) is 0 Å². The molecule has 0 fully saturated rings. The smallest absolute Gasteiger partial charge is 0.206 e. The van der Waals surface area contributed by atoms with Crippen molar-refractivity contribution >= 4 is 22.1 Å². The monoisotopic (exact) mass is 271 g/mol. The summed E-state index contributed by atoms with van der Waals surface area (Å²) in [5.74, 6) is 1.08. The molecule has 0 atom stereocenters. The van der Waals surface area contributed by atoms with Gasteiger partial charge < -0.3 is 5.73 Å². The highest BCUT2D eigenvalue weighted by Gasteiger charge is 2.13. The number of aryl methyl sites for hydroxylation is 1. The van der Waals surface area contributed by atoms with Crippen LogP contribution in [0.25, 0.3) is 16.1 Å². The first-order valence-electron chi connectivity index (χ1n) is 6.39. The fourth-order valence-corrected chi connectivity index (χ4v) is 3.18. The third-order valence-corrected chi connectivity index (χ3v) is 4.36. The van der Waals surface area contributed by atoms with Crippen LogP contribution in [0.3, 0.4) is 0 Å². The van der Waals surface area contributed by atoms with Gasteiger partial charge in [-0.25, -0.2) is 4.98 Å². The van der Waals surface area contributed by atoms with E-state index in [9.17, 15) is 0 Å². The van der Waals surface area contributed by atoms with Crippen LogP contribution < -0.4 is 5.73 Å². The maximum Gasteiger partial charge on any atom is 0.206 e. The average Bonchev–Trinajstić information content (AvgIpc) is 2.93. The minimum Gasteiger partial charge on any atom is -0.369 e. The number of aromatic nitrogens is 2. The number of hydrogen-bond donors (Lipinski definition) is 1. The first kappa shape index (κ1) is 12.2. The molecule has 0 aliphatic carbocycles. The molecule has 98 valence electrons. The second-order valence-corrected chi connectivity index (χ2v) is 6.03. The van der Waals surface area contributed by atoms with Crippen molar-refractivity contribution in [3.05, 3.63) is 40.9 Å². The Morgan fingerprint density at radius 1 is 1.32 bits per heavy atom. The number of benzene rings is 1. The van der Waals surface area contributed by atoms with Gasteiger partial charge in [0.05, 0.1) is 11.9 Å². The van der Waals surface area contributed by atoms with Crippen molar-refractivity contribution in [2.75, 3.05) is 5.73 Å². The van der Waals surface area contributed by atoms with Crippen molar-refractivity contribution in [2.45, 2.75) is 26.7 Å². The predicted octanol–water partition coefficient (Wildman–Crippen LogP) is 4.08. The summed E-state index contributed by atoms with van der Waals surface area (Å²) in [6, 6.07) is 6.65. The fourth-order valence-electron chi connectivity index (χ4n) is 2.30. The zero-order chi connectivity index (χ0) is 13.6. The van der Waals surface area contributed by atoms with E-state index in [2.05, 4.69) is 49.3 Å². The number of rotatable bonds is 2. The summed E-state index contributed by atoms with van der Waals surface area (Å²) in [6.45, 7) is 6.56. The maximum atomic E-state index is 5.97. The Hall–Kier alpha value is -1.81. The van der Waals surface area contributed by atoms with E-state index >= 15 is 0 Å². The Balaban J connectivity index is 2.26. The molecule has 0 amide bonds. The Morgan fingerprint density at radius 3 is 2.84 bits per heavy atom. The third-order valence-electron chi connectivity index (χ3n) is 3.49. The van der Waals surface area contributed by atoms with E-state index in [0.29, 0.717) is 11.9 Å². The van der Waals surface area contributed by atoms with Gasteiger partial charge in [0.15, 0.2) is 0 Å². The van der Waals surface area contributed by atoms with Crippen LogP contribution in [0, 0.1) is 6.92 Å². The van der Waals surface area contributed by atoms with Crippen LogP contribution >= 0.6 is 11.3 Å². The molecule has 0 radical (unpaired) electrons. The maximum absolute atomic E-state index is 5.97. The summed E-state index contributed by atoms with van der Waals surface area (Å²) < 4.78 is 2.02. The van der Waals surface area contributed by atoms with Gasteiger partial charge in [0.2, 0.25) is 5.95 Å². The lowest BCUT2D eigenvalue weighted by atomic mass is 9.96. The molecule has 2 aromatic heterocycles. The normalized spacial score (nSPS) is 11.6. The number of imidazole rings is 1. The minimum atomic E-state index is 0.522. The first-order valence-corrected chi connectivity index (χ1v) is 7.27. The number of nitrogen functional groups attached to an aromatic ring is 1. The number of nitrogens with zero attached hydrogens (tertiary/aromatic N) is 2. The summed E-state index contributed by atoms with van der Waals surface area (Å²) in [6.07, 6.45) is 1.82. The Morgan fingerprint density at radius 2 is 2.11 bits per heavy atom. The van der Waals surface area contributed by atoms with E-state index < -0.39 is 0 Å². The summed E-state index contributed by atoms with van der Waals surface area (Å²) in [7, 11) is 0. The SMILES string of the molecule is Cc1ccc(C(C)C)cc1-c1csc2cnc(N)n12. The molecule has 2 heterocycles. The summed E-state index contributed by atoms with van der Waals surface area (Å²) in [4.78, 5) is 5.27. The quantitative estimate of drug-likeness (QED) is 0.763. The van der Waals surface area contributed by atoms with Crippen LogP contribution in [0.15, 0.2) is 29.8 Å². The van der Waals surface area contributed by atoms with E-state index in [1.807, 2.05) is 10.6 Å². The lowest BCUT2D eigenvalue weighted by Crippen LogP contribution is -1.97. The first-order chi connectivity index (χ1) is 9.08. The van der Waals surface area contributed by atoms with Gasteiger partial charge in [-0.1, -0.05) is 26.0 Å². The van der Waals surface area contributed by atoms with Crippen molar-refractivity contribution in [3.8, 4) is 11.3 Å². The zero-order valence-electron chi connectivity index (χ0n) is 11.3. The second kappa shape index (κ2) is 4.38. The number of nitrogens with two attached hydrogens (primary N) is 1. The van der Waals surface area contributed by atoms with Gasteiger partial charge in [-0.05, 0) is 30.0 Å². The number of fused-ring (bicyclic) bond motifs is 1. The lowest BCUT2D eigenvalue weighted by molar-refractivity contribution is 0.866. The van der Waals surface area contributed by atoms with Crippen LogP contribution in [0.4, 0.5) is 5.95 Å². The largest absolute Gasteiger partial charge is 0.369 e. The lowest BCUT2D eigenvalue weighted by Gasteiger charge is -2.11. The van der Waals surface area contributed by atoms with Crippen LogP contribution in [0.1, 0.15) is 30.9 Å². The predicted molar refractivity (Wildman–Crippen MR) is 81.7 cm³/mol. The molecular weight excluding hydrogens is 254 g/mol. The highest BCUT2D eigenvalue weighted by Crippen LogP contribution is 2.32. The van der Waals surface area contributed by atoms with Gasteiger partial charge in [0.1, 0.15) is 4.83 Å². The molecule has 1 aromatic carbocycles. The van der Waals surface area contributed by atoms with Crippen molar-refractivity contribution in [2.24, 2.45) is 0 Å². The molecule has 0 saturated carbocycles. The minimum absolute atomic E-state index is 0.522. The van der Waals surface area contributed by atoms with E-state index in [4.69, 9.17) is 5.73 Å². The molecule has 3 aromatic rings. The van der Waals surface area contributed by atoms with Gasteiger partial charge in [-0.3, -0.25) is 4.40 Å². The highest BCUT2D eigenvalue weighted by molar-refractivity contribution is 7.16. The van der Waals surface area contributed by atoms with Crippen LogP contribution in [0.5, 0.6) is 0 Å². The molecule has 0 bridgehead atoms. The average molecular weight is 271 g/mol. The summed E-state index contributed by atoms with van der Waals surface area (Å²) in [5, 5.41) is 2.15. The third kappa shape index (κ3) is 1.92. The van der Waals surface area contributed by atoms with E-state index in [1.54, 1.807) is 11.3 Å². The fraction of sp³-hybridized carbons (Fsp3) is 0.267. The van der Waals surface area contributed by atoms with Gasteiger partial charge in [0.25, 0.3) is 0 Å². The topological polar surface area (TPSA) is 43.3 Å². The zero-order valence-corrected chi connectivity index (χ0v) is 12.2. The molecule has 19 heavy (non-hydrogen) atoms. The van der Waals surface area contributed by atoms with Gasteiger partial charge in [-0.15, -0.1) is 11.3 Å². The molecule has 0 saturated heterocycles. The molecule has 0 aliphatic heterocycles. The van der Waals surface area contributed by atoms with Crippen LogP contribution in [-0.4, -0.2) is 9.38 Å². The molecule has 3 nitrogen and oxygen atoms in total. The van der Waals surface area contributed by atoms with Crippen molar-refractivity contribution in [3.63, 3.8) is 0 Å². The van der Waals surface area contributed by atoms with Gasteiger partial charge >= 0.3 is 0 Å². The Bertz CT molecular complexity index is 737. The Kier molecular flexibility index (Phi) is 2.82. The summed E-state index contributed by atoms with van der Waals surface area (Å²) in [5.41, 5.74) is 10.9.